The number of aromatic nitrogens is 2. The number of hydrogen-bond acceptors (Lipinski definition) is 6. The van der Waals surface area contributed by atoms with Crippen molar-refractivity contribution in [3.05, 3.63) is 78.0 Å². The highest BCUT2D eigenvalue weighted by Gasteiger charge is 2.34. The van der Waals surface area contributed by atoms with Gasteiger partial charge in [0.1, 0.15) is 17.5 Å². The molecule has 0 unspecified atom stereocenters. The average molecular weight is 479 g/mol. The van der Waals surface area contributed by atoms with Crippen molar-refractivity contribution in [1.29, 1.82) is 0 Å². The van der Waals surface area contributed by atoms with E-state index in [1.165, 1.54) is 12.1 Å². The molecule has 0 saturated carbocycles. The molecule has 8 heteroatoms. The molecule has 1 amide bonds. The second-order valence-corrected chi connectivity index (χ2v) is 9.23. The van der Waals surface area contributed by atoms with Gasteiger partial charge in [-0.2, -0.15) is 0 Å². The molecule has 1 aliphatic rings. The number of aliphatic hydroxyl groups is 1. The van der Waals surface area contributed by atoms with Crippen LogP contribution in [0.4, 0.5) is 4.39 Å². The molecule has 1 N–H and O–H groups in total. The number of carbonyl (C=O) groups is 1. The standard InChI is InChI=1S/C27H31FN4O3/c1-18-14-32(19(2)17-33)27(34)24-12-21(20-7-6-8-22(28)11-20)13-30-26(24)35-25(18)16-31(3)15-23-9-4-5-10-29-23/h4-13,18-19,25,33H,14-17H2,1-3H3/t18-,19-,25-/m1/s1. The smallest absolute Gasteiger partial charge is 0.259 e. The maximum atomic E-state index is 13.8. The maximum absolute atomic E-state index is 13.8. The summed E-state index contributed by atoms with van der Waals surface area (Å²) < 4.78 is 20.2. The Labute approximate surface area is 205 Å². The third kappa shape index (κ3) is 5.83. The first-order valence-corrected chi connectivity index (χ1v) is 11.8. The lowest BCUT2D eigenvalue weighted by Gasteiger charge is -2.37. The van der Waals surface area contributed by atoms with Crippen LogP contribution in [0.2, 0.25) is 0 Å². The fourth-order valence-corrected chi connectivity index (χ4v) is 4.29. The van der Waals surface area contributed by atoms with Gasteiger partial charge in [-0.15, -0.1) is 0 Å². The van der Waals surface area contributed by atoms with Crippen LogP contribution in [0.5, 0.6) is 5.88 Å². The van der Waals surface area contributed by atoms with Gasteiger partial charge in [0.15, 0.2) is 0 Å². The van der Waals surface area contributed by atoms with Crippen LogP contribution >= 0.6 is 0 Å². The summed E-state index contributed by atoms with van der Waals surface area (Å²) in [6.45, 7) is 5.37. The SMILES string of the molecule is C[C@@H]1CN([C@H](C)CO)C(=O)c2cc(-c3cccc(F)c3)cnc2O[C@@H]1CN(C)Cc1ccccn1. The number of nitrogens with zero attached hydrogens (tertiary/aromatic N) is 4. The molecule has 3 atom stereocenters. The van der Waals surface area contributed by atoms with Gasteiger partial charge in [-0.05, 0) is 49.9 Å². The van der Waals surface area contributed by atoms with E-state index in [1.807, 2.05) is 39.1 Å². The predicted octanol–water partition coefficient (Wildman–Crippen LogP) is 3.63. The first-order valence-electron chi connectivity index (χ1n) is 11.8. The van der Waals surface area contributed by atoms with E-state index in [-0.39, 0.29) is 42.3 Å². The summed E-state index contributed by atoms with van der Waals surface area (Å²) >= 11 is 0. The Hall–Kier alpha value is -3.36. The zero-order valence-corrected chi connectivity index (χ0v) is 20.3. The Morgan fingerprint density at radius 1 is 1.20 bits per heavy atom. The Bertz CT molecular complexity index is 1160. The lowest BCUT2D eigenvalue weighted by atomic mass is 9.99. The summed E-state index contributed by atoms with van der Waals surface area (Å²) in [5.41, 5.74) is 2.50. The molecular weight excluding hydrogens is 447 g/mol. The minimum Gasteiger partial charge on any atom is -0.472 e. The minimum absolute atomic E-state index is 0.0167. The van der Waals surface area contributed by atoms with Crippen LogP contribution in [0.1, 0.15) is 29.9 Å². The Morgan fingerprint density at radius 2 is 2.03 bits per heavy atom. The van der Waals surface area contributed by atoms with E-state index < -0.39 is 0 Å². The Morgan fingerprint density at radius 3 is 2.74 bits per heavy atom. The minimum atomic E-state index is -0.374. The third-order valence-electron chi connectivity index (χ3n) is 6.33. The molecule has 0 radical (unpaired) electrons. The number of aliphatic hydroxyl groups excluding tert-OH is 1. The number of fused-ring (bicyclic) bond motifs is 1. The largest absolute Gasteiger partial charge is 0.472 e. The van der Waals surface area contributed by atoms with Crippen molar-refractivity contribution < 1.29 is 19.0 Å². The Kier molecular flexibility index (Phi) is 7.73. The van der Waals surface area contributed by atoms with E-state index in [0.717, 1.165) is 5.69 Å². The number of pyridine rings is 2. The molecule has 2 aromatic heterocycles. The molecule has 1 aromatic carbocycles. The van der Waals surface area contributed by atoms with Gasteiger partial charge in [0, 0.05) is 43.5 Å². The molecule has 7 nitrogen and oxygen atoms in total. The predicted molar refractivity (Wildman–Crippen MR) is 131 cm³/mol. The van der Waals surface area contributed by atoms with Crippen LogP contribution in [0.25, 0.3) is 11.1 Å². The van der Waals surface area contributed by atoms with Crippen LogP contribution in [0, 0.1) is 11.7 Å². The number of rotatable bonds is 7. The van der Waals surface area contributed by atoms with Gasteiger partial charge in [0.25, 0.3) is 5.91 Å². The van der Waals surface area contributed by atoms with Crippen LogP contribution in [0.15, 0.2) is 60.9 Å². The molecule has 184 valence electrons. The molecule has 0 aliphatic carbocycles. The van der Waals surface area contributed by atoms with Gasteiger partial charge in [0.2, 0.25) is 5.88 Å². The lowest BCUT2D eigenvalue weighted by molar-refractivity contribution is 0.0324. The molecule has 0 spiro atoms. The van der Waals surface area contributed by atoms with E-state index in [2.05, 4.69) is 14.9 Å². The summed E-state index contributed by atoms with van der Waals surface area (Å²) in [5.74, 6) is -0.401. The Balaban J connectivity index is 1.66. The number of ether oxygens (including phenoxy) is 1. The number of hydrogen-bond donors (Lipinski definition) is 1. The van der Waals surface area contributed by atoms with Gasteiger partial charge in [-0.3, -0.25) is 14.7 Å². The van der Waals surface area contributed by atoms with Crippen molar-refractivity contribution in [2.24, 2.45) is 5.92 Å². The number of halogens is 1. The lowest BCUT2D eigenvalue weighted by Crippen LogP contribution is -2.49. The summed E-state index contributed by atoms with van der Waals surface area (Å²) in [7, 11) is 2.00. The van der Waals surface area contributed by atoms with Crippen molar-refractivity contribution in [3.63, 3.8) is 0 Å². The van der Waals surface area contributed by atoms with Crippen molar-refractivity contribution in [1.82, 2.24) is 19.8 Å². The fourth-order valence-electron chi connectivity index (χ4n) is 4.29. The molecule has 0 saturated heterocycles. The van der Waals surface area contributed by atoms with E-state index in [9.17, 15) is 14.3 Å². The van der Waals surface area contributed by atoms with Gasteiger partial charge < -0.3 is 14.7 Å². The van der Waals surface area contributed by atoms with Gasteiger partial charge in [0.05, 0.1) is 18.3 Å². The number of carbonyl (C=O) groups excluding carboxylic acids is 1. The van der Waals surface area contributed by atoms with Gasteiger partial charge in [-0.1, -0.05) is 25.1 Å². The number of amides is 1. The molecule has 3 aromatic rings. The van der Waals surface area contributed by atoms with Crippen LogP contribution in [-0.4, -0.2) is 69.7 Å². The second-order valence-electron chi connectivity index (χ2n) is 9.23. The van der Waals surface area contributed by atoms with Crippen molar-refractivity contribution in [2.45, 2.75) is 32.5 Å². The van der Waals surface area contributed by atoms with E-state index in [1.54, 1.807) is 35.5 Å². The zero-order chi connectivity index (χ0) is 24.9. The average Bonchev–Trinajstić information content (AvgIpc) is 2.86. The summed E-state index contributed by atoms with van der Waals surface area (Å²) in [6, 6.07) is 13.3. The van der Waals surface area contributed by atoms with E-state index in [0.29, 0.717) is 36.3 Å². The van der Waals surface area contributed by atoms with Crippen LogP contribution in [-0.2, 0) is 6.54 Å². The quantitative estimate of drug-likeness (QED) is 0.559. The normalized spacial score (nSPS) is 19.0. The molecule has 0 bridgehead atoms. The molecule has 0 fully saturated rings. The molecular formula is C27H31FN4O3. The van der Waals surface area contributed by atoms with E-state index in [4.69, 9.17) is 4.74 Å². The third-order valence-corrected chi connectivity index (χ3v) is 6.33. The van der Waals surface area contributed by atoms with Crippen molar-refractivity contribution in [3.8, 4) is 17.0 Å². The molecule has 4 rings (SSSR count). The summed E-state index contributed by atoms with van der Waals surface area (Å²) in [5, 5.41) is 9.84. The molecule has 1 aliphatic heterocycles. The monoisotopic (exact) mass is 478 g/mol. The number of likely N-dealkylation sites (N-methyl/N-ethyl adjacent to an activating group) is 1. The fraction of sp³-hybridized carbons (Fsp3) is 0.370. The first-order chi connectivity index (χ1) is 16.9. The van der Waals surface area contributed by atoms with E-state index >= 15 is 0 Å². The van der Waals surface area contributed by atoms with Gasteiger partial charge in [-0.25, -0.2) is 9.37 Å². The van der Waals surface area contributed by atoms with Crippen molar-refractivity contribution in [2.75, 3.05) is 26.7 Å². The highest BCUT2D eigenvalue weighted by molar-refractivity contribution is 5.98. The summed E-state index contributed by atoms with van der Waals surface area (Å²) in [6.07, 6.45) is 3.12. The topological polar surface area (TPSA) is 78.8 Å². The molecule has 3 heterocycles. The first kappa shape index (κ1) is 24.8. The second kappa shape index (κ2) is 10.9. The highest BCUT2D eigenvalue weighted by atomic mass is 19.1. The zero-order valence-electron chi connectivity index (χ0n) is 20.3. The maximum Gasteiger partial charge on any atom is 0.259 e. The van der Waals surface area contributed by atoms with Crippen LogP contribution in [0.3, 0.4) is 0 Å². The number of benzene rings is 1. The van der Waals surface area contributed by atoms with Gasteiger partial charge >= 0.3 is 0 Å². The molecule has 35 heavy (non-hydrogen) atoms. The van der Waals surface area contributed by atoms with Crippen LogP contribution < -0.4 is 4.74 Å². The van der Waals surface area contributed by atoms with Crippen molar-refractivity contribution >= 4 is 5.91 Å². The summed E-state index contributed by atoms with van der Waals surface area (Å²) in [4.78, 5) is 26.3. The highest BCUT2D eigenvalue weighted by Crippen LogP contribution is 2.30.